The third-order valence-electron chi connectivity index (χ3n) is 2.90. The van der Waals surface area contributed by atoms with Gasteiger partial charge < -0.3 is 4.74 Å². The molecule has 3 nitrogen and oxygen atoms in total. The average Bonchev–Trinajstić information content (AvgIpc) is 2.25. The Balaban J connectivity index is 4.73. The van der Waals surface area contributed by atoms with Gasteiger partial charge in [0, 0.05) is 6.42 Å². The van der Waals surface area contributed by atoms with Crippen molar-refractivity contribution in [3.8, 4) is 0 Å². The fraction of sp³-hybridized carbons (Fsp3) is 0.846. The van der Waals surface area contributed by atoms with Gasteiger partial charge in [0.2, 0.25) is 0 Å². The first-order valence-electron chi connectivity index (χ1n) is 6.31. The van der Waals surface area contributed by atoms with Gasteiger partial charge in [0.25, 0.3) is 0 Å². The number of carbonyl (C=O) groups excluding carboxylic acids is 2. The second kappa shape index (κ2) is 8.31. The van der Waals surface area contributed by atoms with Crippen molar-refractivity contribution in [1.82, 2.24) is 0 Å². The van der Waals surface area contributed by atoms with Gasteiger partial charge in [0.15, 0.2) is 0 Å². The summed E-state index contributed by atoms with van der Waals surface area (Å²) in [6.07, 6.45) is 2.94. The van der Waals surface area contributed by atoms with Crippen molar-refractivity contribution in [3.63, 3.8) is 0 Å². The summed E-state index contributed by atoms with van der Waals surface area (Å²) in [6, 6.07) is 0. The molecule has 0 aliphatic rings. The van der Waals surface area contributed by atoms with Crippen LogP contribution in [0, 0.1) is 11.8 Å². The summed E-state index contributed by atoms with van der Waals surface area (Å²) in [5.41, 5.74) is 0. The summed E-state index contributed by atoms with van der Waals surface area (Å²) in [5.74, 6) is -0.725. The maximum Gasteiger partial charge on any atom is 0.316 e. The third-order valence-corrected chi connectivity index (χ3v) is 2.90. The molecule has 0 saturated carbocycles. The van der Waals surface area contributed by atoms with E-state index in [9.17, 15) is 9.59 Å². The van der Waals surface area contributed by atoms with Gasteiger partial charge >= 0.3 is 5.97 Å². The van der Waals surface area contributed by atoms with Crippen LogP contribution in [-0.4, -0.2) is 18.4 Å². The number of hydrogen-bond acceptors (Lipinski definition) is 3. The molecule has 0 rings (SSSR count). The number of ketones is 1. The van der Waals surface area contributed by atoms with E-state index in [1.165, 1.54) is 0 Å². The number of hydrogen-bond donors (Lipinski definition) is 0. The van der Waals surface area contributed by atoms with Crippen LogP contribution in [0.5, 0.6) is 0 Å². The Morgan fingerprint density at radius 3 is 2.00 bits per heavy atom. The van der Waals surface area contributed by atoms with Crippen molar-refractivity contribution < 1.29 is 14.3 Å². The first kappa shape index (κ1) is 15.1. The Labute approximate surface area is 98.6 Å². The average molecular weight is 228 g/mol. The highest BCUT2D eigenvalue weighted by Crippen LogP contribution is 2.23. The van der Waals surface area contributed by atoms with Gasteiger partial charge in [0.05, 0.1) is 6.61 Å². The Morgan fingerprint density at radius 2 is 1.62 bits per heavy atom. The van der Waals surface area contributed by atoms with Gasteiger partial charge in [-0.1, -0.05) is 33.6 Å². The summed E-state index contributed by atoms with van der Waals surface area (Å²) in [6.45, 7) is 8.09. The normalized spacial score (nSPS) is 12.6. The summed E-state index contributed by atoms with van der Waals surface area (Å²) < 4.78 is 5.00. The van der Waals surface area contributed by atoms with E-state index in [1.807, 2.05) is 20.8 Å². The van der Waals surface area contributed by atoms with E-state index < -0.39 is 5.92 Å². The molecule has 0 saturated heterocycles. The SMILES string of the molecule is CCCC(=O)C(C(=O)OCC)C(CC)CC. The molecule has 0 aliphatic carbocycles. The van der Waals surface area contributed by atoms with Crippen LogP contribution in [0.4, 0.5) is 0 Å². The zero-order valence-corrected chi connectivity index (χ0v) is 10.9. The van der Waals surface area contributed by atoms with Gasteiger partial charge in [-0.2, -0.15) is 0 Å². The van der Waals surface area contributed by atoms with Crippen molar-refractivity contribution >= 4 is 11.8 Å². The van der Waals surface area contributed by atoms with Gasteiger partial charge in [0.1, 0.15) is 11.7 Å². The molecule has 0 aromatic carbocycles. The van der Waals surface area contributed by atoms with E-state index >= 15 is 0 Å². The number of ether oxygens (including phenoxy) is 1. The van der Waals surface area contributed by atoms with Crippen LogP contribution in [0.3, 0.4) is 0 Å². The molecule has 0 bridgehead atoms. The predicted octanol–water partition coefficient (Wildman–Crippen LogP) is 2.97. The molecule has 0 spiro atoms. The standard InChI is InChI=1S/C13H24O3/c1-5-9-11(14)12(10(6-2)7-3)13(15)16-8-4/h10,12H,5-9H2,1-4H3. The maximum absolute atomic E-state index is 11.9. The van der Waals surface area contributed by atoms with Crippen molar-refractivity contribution in [1.29, 1.82) is 0 Å². The van der Waals surface area contributed by atoms with Crippen molar-refractivity contribution in [3.05, 3.63) is 0 Å². The van der Waals surface area contributed by atoms with Crippen LogP contribution in [0.15, 0.2) is 0 Å². The molecule has 0 fully saturated rings. The van der Waals surface area contributed by atoms with Crippen molar-refractivity contribution in [2.45, 2.75) is 53.4 Å². The first-order valence-corrected chi connectivity index (χ1v) is 6.31. The second-order valence-electron chi connectivity index (χ2n) is 4.02. The Bertz CT molecular complexity index is 201. The molecular weight excluding hydrogens is 204 g/mol. The molecule has 0 aliphatic heterocycles. The minimum absolute atomic E-state index is 0.0367. The minimum atomic E-state index is -0.546. The second-order valence-corrected chi connectivity index (χ2v) is 4.02. The van der Waals surface area contributed by atoms with Crippen LogP contribution in [0.25, 0.3) is 0 Å². The highest BCUT2D eigenvalue weighted by atomic mass is 16.5. The van der Waals surface area contributed by atoms with Gasteiger partial charge in [-0.3, -0.25) is 9.59 Å². The Hall–Kier alpha value is -0.860. The highest BCUT2D eigenvalue weighted by molar-refractivity contribution is 5.99. The zero-order valence-electron chi connectivity index (χ0n) is 10.9. The molecule has 0 aromatic heterocycles. The van der Waals surface area contributed by atoms with E-state index in [4.69, 9.17) is 4.74 Å². The maximum atomic E-state index is 11.9. The van der Waals surface area contributed by atoms with Gasteiger partial charge in [-0.25, -0.2) is 0 Å². The zero-order chi connectivity index (χ0) is 12.6. The van der Waals surface area contributed by atoms with Crippen LogP contribution in [0.2, 0.25) is 0 Å². The van der Waals surface area contributed by atoms with Crippen molar-refractivity contribution in [2.24, 2.45) is 11.8 Å². The van der Waals surface area contributed by atoms with E-state index in [2.05, 4.69) is 0 Å². The summed E-state index contributed by atoms with van der Waals surface area (Å²) >= 11 is 0. The Kier molecular flexibility index (Phi) is 7.86. The molecule has 0 radical (unpaired) electrons. The summed E-state index contributed by atoms with van der Waals surface area (Å²) in [5, 5.41) is 0. The summed E-state index contributed by atoms with van der Waals surface area (Å²) in [7, 11) is 0. The molecule has 16 heavy (non-hydrogen) atoms. The largest absolute Gasteiger partial charge is 0.465 e. The highest BCUT2D eigenvalue weighted by Gasteiger charge is 2.33. The van der Waals surface area contributed by atoms with E-state index in [0.717, 1.165) is 19.3 Å². The summed E-state index contributed by atoms with van der Waals surface area (Å²) in [4.78, 5) is 23.7. The number of Topliss-reactive ketones (excluding diaryl/α,β-unsaturated/α-hetero) is 1. The monoisotopic (exact) mass is 228 g/mol. The molecule has 0 N–H and O–H groups in total. The molecule has 3 heteroatoms. The van der Waals surface area contributed by atoms with Crippen LogP contribution in [0.1, 0.15) is 53.4 Å². The lowest BCUT2D eigenvalue weighted by Gasteiger charge is -2.22. The molecular formula is C13H24O3. The van der Waals surface area contributed by atoms with E-state index in [0.29, 0.717) is 13.0 Å². The van der Waals surface area contributed by atoms with Gasteiger partial charge in [-0.15, -0.1) is 0 Å². The number of esters is 1. The molecule has 94 valence electrons. The number of carbonyl (C=O) groups is 2. The molecule has 0 heterocycles. The third kappa shape index (κ3) is 4.33. The van der Waals surface area contributed by atoms with E-state index in [1.54, 1.807) is 6.92 Å². The smallest absolute Gasteiger partial charge is 0.316 e. The van der Waals surface area contributed by atoms with Crippen molar-refractivity contribution in [2.75, 3.05) is 6.61 Å². The van der Waals surface area contributed by atoms with E-state index in [-0.39, 0.29) is 17.7 Å². The van der Waals surface area contributed by atoms with Crippen LogP contribution in [-0.2, 0) is 14.3 Å². The minimum Gasteiger partial charge on any atom is -0.465 e. The fourth-order valence-corrected chi connectivity index (χ4v) is 1.98. The molecule has 0 aromatic rings. The number of rotatable bonds is 8. The lowest BCUT2D eigenvalue weighted by molar-refractivity contribution is -0.154. The molecule has 1 unspecified atom stereocenters. The van der Waals surface area contributed by atoms with Gasteiger partial charge in [-0.05, 0) is 19.3 Å². The first-order chi connectivity index (χ1) is 7.62. The predicted molar refractivity (Wildman–Crippen MR) is 64.1 cm³/mol. The Morgan fingerprint density at radius 1 is 1.06 bits per heavy atom. The lowest BCUT2D eigenvalue weighted by atomic mass is 9.83. The quantitative estimate of drug-likeness (QED) is 0.474. The molecule has 0 amide bonds. The lowest BCUT2D eigenvalue weighted by Crippen LogP contribution is -2.32. The van der Waals surface area contributed by atoms with Crippen LogP contribution < -0.4 is 0 Å². The molecule has 1 atom stereocenters. The van der Waals surface area contributed by atoms with Crippen LogP contribution >= 0.6 is 0 Å². The topological polar surface area (TPSA) is 43.4 Å². The fourth-order valence-electron chi connectivity index (χ4n) is 1.98.